The monoisotopic (exact) mass is 274 g/mol. The van der Waals surface area contributed by atoms with Crippen molar-refractivity contribution in [2.75, 3.05) is 20.3 Å². The molecule has 106 valence electrons. The van der Waals surface area contributed by atoms with Gasteiger partial charge in [0.1, 0.15) is 5.82 Å². The minimum absolute atomic E-state index is 0.189. The third-order valence-electron chi connectivity index (χ3n) is 2.86. The summed E-state index contributed by atoms with van der Waals surface area (Å²) in [6.07, 6.45) is 0. The number of amides is 1. The van der Waals surface area contributed by atoms with Crippen LogP contribution in [0.4, 0.5) is 0 Å². The van der Waals surface area contributed by atoms with Gasteiger partial charge < -0.3 is 9.64 Å². The molecule has 1 aromatic carbocycles. The van der Waals surface area contributed by atoms with Crippen LogP contribution in [0.1, 0.15) is 22.0 Å². The highest BCUT2D eigenvalue weighted by Gasteiger charge is 2.19. The van der Waals surface area contributed by atoms with Crippen LogP contribution >= 0.6 is 0 Å². The normalized spacial score (nSPS) is 10.5. The lowest BCUT2D eigenvalue weighted by molar-refractivity contribution is 0.0669. The summed E-state index contributed by atoms with van der Waals surface area (Å²) in [6.45, 7) is 3.25. The van der Waals surface area contributed by atoms with Crippen LogP contribution in [0.3, 0.4) is 0 Å². The van der Waals surface area contributed by atoms with Gasteiger partial charge in [0.25, 0.3) is 5.91 Å². The maximum Gasteiger partial charge on any atom is 0.293 e. The molecule has 20 heavy (non-hydrogen) atoms. The van der Waals surface area contributed by atoms with Crippen molar-refractivity contribution >= 4 is 5.91 Å². The molecule has 1 heterocycles. The van der Waals surface area contributed by atoms with E-state index >= 15 is 0 Å². The van der Waals surface area contributed by atoms with Crippen molar-refractivity contribution in [1.29, 1.82) is 0 Å². The molecular weight excluding hydrogens is 256 g/mol. The Labute approximate surface area is 117 Å². The van der Waals surface area contributed by atoms with Crippen LogP contribution in [0.2, 0.25) is 0 Å². The van der Waals surface area contributed by atoms with Crippen molar-refractivity contribution < 1.29 is 9.53 Å². The maximum atomic E-state index is 12.4. The highest BCUT2D eigenvalue weighted by Crippen LogP contribution is 2.07. The highest BCUT2D eigenvalue weighted by atomic mass is 16.5. The topological polar surface area (TPSA) is 71.1 Å². The molecule has 1 N–H and O–H groups in total. The number of aryl methyl sites for hydroxylation is 1. The molecule has 2 rings (SSSR count). The van der Waals surface area contributed by atoms with Gasteiger partial charge in [0, 0.05) is 20.2 Å². The van der Waals surface area contributed by atoms with Gasteiger partial charge in [0.15, 0.2) is 0 Å². The quantitative estimate of drug-likeness (QED) is 0.864. The van der Waals surface area contributed by atoms with Crippen LogP contribution in [-0.2, 0) is 11.3 Å². The van der Waals surface area contributed by atoms with Crippen LogP contribution in [-0.4, -0.2) is 46.2 Å². The second kappa shape index (κ2) is 6.81. The molecule has 6 heteroatoms. The summed E-state index contributed by atoms with van der Waals surface area (Å²) in [4.78, 5) is 18.2. The molecule has 0 aliphatic carbocycles. The largest absolute Gasteiger partial charge is 0.383 e. The van der Waals surface area contributed by atoms with E-state index in [-0.39, 0.29) is 11.7 Å². The predicted octanol–water partition coefficient (Wildman–Crippen LogP) is 1.40. The maximum absolute atomic E-state index is 12.4. The van der Waals surface area contributed by atoms with Crippen molar-refractivity contribution in [1.82, 2.24) is 20.1 Å². The number of H-pyrrole nitrogens is 1. The third-order valence-corrected chi connectivity index (χ3v) is 2.86. The van der Waals surface area contributed by atoms with Gasteiger partial charge in [-0.1, -0.05) is 30.3 Å². The number of hydrogen-bond acceptors (Lipinski definition) is 4. The number of ether oxygens (including phenoxy) is 1. The second-order valence-electron chi connectivity index (χ2n) is 4.45. The molecule has 0 spiro atoms. The average molecular weight is 274 g/mol. The van der Waals surface area contributed by atoms with Gasteiger partial charge in [-0.05, 0) is 12.5 Å². The van der Waals surface area contributed by atoms with E-state index in [1.165, 1.54) is 0 Å². The van der Waals surface area contributed by atoms with Crippen LogP contribution in [0.15, 0.2) is 30.3 Å². The smallest absolute Gasteiger partial charge is 0.293 e. The first-order chi connectivity index (χ1) is 9.70. The van der Waals surface area contributed by atoms with E-state index < -0.39 is 0 Å². The summed E-state index contributed by atoms with van der Waals surface area (Å²) in [6, 6.07) is 9.81. The molecule has 0 saturated heterocycles. The Bertz CT molecular complexity index is 553. The lowest BCUT2D eigenvalue weighted by atomic mass is 10.2. The Balaban J connectivity index is 2.12. The number of aromatic nitrogens is 3. The van der Waals surface area contributed by atoms with Gasteiger partial charge in [0.05, 0.1) is 6.61 Å². The van der Waals surface area contributed by atoms with Gasteiger partial charge in [-0.15, -0.1) is 5.10 Å². The highest BCUT2D eigenvalue weighted by molar-refractivity contribution is 5.90. The first-order valence-electron chi connectivity index (χ1n) is 6.42. The Kier molecular flexibility index (Phi) is 4.84. The van der Waals surface area contributed by atoms with E-state index in [9.17, 15) is 4.79 Å². The molecule has 6 nitrogen and oxygen atoms in total. The van der Waals surface area contributed by atoms with E-state index in [0.29, 0.717) is 25.5 Å². The minimum atomic E-state index is -0.199. The third kappa shape index (κ3) is 3.64. The van der Waals surface area contributed by atoms with Gasteiger partial charge in [-0.25, -0.2) is 4.98 Å². The summed E-state index contributed by atoms with van der Waals surface area (Å²) in [7, 11) is 1.61. The molecule has 0 fully saturated rings. The molecule has 0 atom stereocenters. The Morgan fingerprint density at radius 3 is 2.70 bits per heavy atom. The Hall–Kier alpha value is -2.21. The zero-order valence-corrected chi connectivity index (χ0v) is 11.7. The number of aromatic amines is 1. The Morgan fingerprint density at radius 1 is 1.35 bits per heavy atom. The number of nitrogens with one attached hydrogen (secondary N) is 1. The molecule has 2 aromatic rings. The summed E-state index contributed by atoms with van der Waals surface area (Å²) in [5, 5.41) is 6.60. The molecule has 0 unspecified atom stereocenters. The number of methoxy groups -OCH3 is 1. The van der Waals surface area contributed by atoms with Crippen molar-refractivity contribution in [2.45, 2.75) is 13.5 Å². The average Bonchev–Trinajstić information content (AvgIpc) is 2.90. The summed E-state index contributed by atoms with van der Waals surface area (Å²) < 4.78 is 5.06. The van der Waals surface area contributed by atoms with E-state index in [2.05, 4.69) is 15.2 Å². The zero-order valence-electron chi connectivity index (χ0n) is 11.7. The van der Waals surface area contributed by atoms with Crippen LogP contribution in [0, 0.1) is 6.92 Å². The number of hydrogen-bond donors (Lipinski definition) is 1. The molecular formula is C14H18N4O2. The number of carbonyl (C=O) groups excluding carboxylic acids is 1. The van der Waals surface area contributed by atoms with Gasteiger partial charge in [-0.2, -0.15) is 0 Å². The molecule has 0 radical (unpaired) electrons. The minimum Gasteiger partial charge on any atom is -0.383 e. The van der Waals surface area contributed by atoms with Crippen molar-refractivity contribution in [3.8, 4) is 0 Å². The van der Waals surface area contributed by atoms with Crippen LogP contribution in [0.25, 0.3) is 0 Å². The molecule has 0 saturated carbocycles. The van der Waals surface area contributed by atoms with Gasteiger partial charge in [0.2, 0.25) is 5.82 Å². The lowest BCUT2D eigenvalue weighted by Gasteiger charge is -2.21. The predicted molar refractivity (Wildman–Crippen MR) is 74.2 cm³/mol. The number of nitrogens with zero attached hydrogens (tertiary/aromatic N) is 3. The van der Waals surface area contributed by atoms with Gasteiger partial charge >= 0.3 is 0 Å². The summed E-state index contributed by atoms with van der Waals surface area (Å²) in [5.41, 5.74) is 1.06. The second-order valence-corrected chi connectivity index (χ2v) is 4.45. The van der Waals surface area contributed by atoms with E-state index in [0.717, 1.165) is 5.56 Å². The summed E-state index contributed by atoms with van der Waals surface area (Å²) in [5.74, 6) is 0.615. The zero-order chi connectivity index (χ0) is 14.4. The fourth-order valence-electron chi connectivity index (χ4n) is 1.84. The first kappa shape index (κ1) is 14.2. The molecule has 0 aliphatic heterocycles. The SMILES string of the molecule is COCCN(Cc1ccccc1)C(=O)c1n[nH]c(C)n1. The van der Waals surface area contributed by atoms with Crippen LogP contribution in [0.5, 0.6) is 0 Å². The summed E-state index contributed by atoms with van der Waals surface area (Å²) >= 11 is 0. The van der Waals surface area contributed by atoms with Crippen LogP contribution < -0.4 is 0 Å². The molecule has 0 bridgehead atoms. The van der Waals surface area contributed by atoms with E-state index in [1.54, 1.807) is 18.9 Å². The number of benzene rings is 1. The van der Waals surface area contributed by atoms with Crippen molar-refractivity contribution in [2.24, 2.45) is 0 Å². The van der Waals surface area contributed by atoms with E-state index in [4.69, 9.17) is 4.74 Å². The standard InChI is InChI=1S/C14H18N4O2/c1-11-15-13(17-16-11)14(19)18(8-9-20-2)10-12-6-4-3-5-7-12/h3-7H,8-10H2,1-2H3,(H,15,16,17). The molecule has 0 aliphatic rings. The fraction of sp³-hybridized carbons (Fsp3) is 0.357. The number of carbonyl (C=O) groups is 1. The fourth-order valence-corrected chi connectivity index (χ4v) is 1.84. The Morgan fingerprint density at radius 2 is 2.10 bits per heavy atom. The van der Waals surface area contributed by atoms with Gasteiger partial charge in [-0.3, -0.25) is 9.89 Å². The number of rotatable bonds is 6. The van der Waals surface area contributed by atoms with Crippen molar-refractivity contribution in [3.63, 3.8) is 0 Å². The molecule has 1 aromatic heterocycles. The molecule has 1 amide bonds. The van der Waals surface area contributed by atoms with E-state index in [1.807, 2.05) is 30.3 Å². The van der Waals surface area contributed by atoms with Crippen molar-refractivity contribution in [3.05, 3.63) is 47.5 Å². The first-order valence-corrected chi connectivity index (χ1v) is 6.42. The lowest BCUT2D eigenvalue weighted by Crippen LogP contribution is -2.34.